The lowest BCUT2D eigenvalue weighted by Crippen LogP contribution is -2.06. The summed E-state index contributed by atoms with van der Waals surface area (Å²) in [4.78, 5) is 22.8. The fourth-order valence-corrected chi connectivity index (χ4v) is 2.82. The minimum atomic E-state index is -0.448. The third-order valence-corrected chi connectivity index (χ3v) is 4.42. The highest BCUT2D eigenvalue weighted by molar-refractivity contribution is 5.91. The summed E-state index contributed by atoms with van der Waals surface area (Å²) in [6, 6.07) is 13.5. The smallest absolute Gasteiger partial charge is 0.343 e. The third-order valence-electron chi connectivity index (χ3n) is 4.42. The lowest BCUT2D eigenvalue weighted by Gasteiger charge is -2.13. The van der Waals surface area contributed by atoms with E-state index >= 15 is 0 Å². The number of aromatic hydroxyl groups is 1. The van der Waals surface area contributed by atoms with Crippen LogP contribution in [0.2, 0.25) is 0 Å². The normalized spacial score (nSPS) is 15.1. The van der Waals surface area contributed by atoms with Gasteiger partial charge in [0.1, 0.15) is 17.8 Å². The van der Waals surface area contributed by atoms with E-state index in [-0.39, 0.29) is 5.75 Å². The maximum absolute atomic E-state index is 12.2. The Kier molecular flexibility index (Phi) is 5.67. The number of carbonyl (C=O) groups excluding carboxylic acids is 2. The van der Waals surface area contributed by atoms with Crippen LogP contribution < -0.4 is 0 Å². The fourth-order valence-electron chi connectivity index (χ4n) is 2.82. The number of hydrogen-bond donors (Lipinski definition) is 1. The zero-order valence-corrected chi connectivity index (χ0v) is 15.0. The van der Waals surface area contributed by atoms with E-state index in [0.717, 1.165) is 18.3 Å². The van der Waals surface area contributed by atoms with Crippen molar-refractivity contribution in [1.82, 2.24) is 0 Å². The molecule has 1 aliphatic rings. The van der Waals surface area contributed by atoms with E-state index in [2.05, 4.69) is 6.92 Å². The predicted molar refractivity (Wildman–Crippen MR) is 104 cm³/mol. The topological polar surface area (TPSA) is 63.6 Å². The molecule has 0 saturated carbocycles. The van der Waals surface area contributed by atoms with Gasteiger partial charge in [-0.15, -0.1) is 0 Å². The summed E-state index contributed by atoms with van der Waals surface area (Å²) in [5.41, 5.74) is 4.45. The Morgan fingerprint density at radius 2 is 1.78 bits per heavy atom. The Labute approximate surface area is 158 Å². The fraction of sp³-hybridized carbons (Fsp3) is 0.130. The molecule has 3 rings (SSSR count). The molecule has 1 aliphatic carbocycles. The molecule has 4 heteroatoms. The molecule has 2 aromatic carbocycles. The van der Waals surface area contributed by atoms with E-state index in [1.54, 1.807) is 42.5 Å². The molecule has 0 aliphatic heterocycles. The van der Waals surface area contributed by atoms with Gasteiger partial charge >= 0.3 is 5.97 Å². The molecule has 0 unspecified atom stereocenters. The van der Waals surface area contributed by atoms with Gasteiger partial charge in [0.05, 0.1) is 5.56 Å². The van der Waals surface area contributed by atoms with E-state index in [1.807, 2.05) is 24.3 Å². The zero-order chi connectivity index (χ0) is 19.2. The number of carbonyl (C=O) groups is 2. The molecular formula is C23H20O4. The van der Waals surface area contributed by atoms with Gasteiger partial charge in [-0.2, -0.15) is 0 Å². The monoisotopic (exact) mass is 360 g/mol. The zero-order valence-electron chi connectivity index (χ0n) is 15.0. The Morgan fingerprint density at radius 1 is 1.07 bits per heavy atom. The van der Waals surface area contributed by atoms with Gasteiger partial charge in [-0.05, 0) is 67.3 Å². The number of benzene rings is 2. The van der Waals surface area contributed by atoms with Crippen molar-refractivity contribution in [2.75, 3.05) is 0 Å². The molecule has 27 heavy (non-hydrogen) atoms. The molecular weight excluding hydrogens is 340 g/mol. The molecule has 136 valence electrons. The van der Waals surface area contributed by atoms with Crippen LogP contribution in [0.4, 0.5) is 0 Å². The van der Waals surface area contributed by atoms with E-state index in [1.165, 1.54) is 11.1 Å². The largest absolute Gasteiger partial charge is 0.508 e. The molecule has 0 fully saturated rings. The second kappa shape index (κ2) is 8.32. The maximum Gasteiger partial charge on any atom is 0.343 e. The molecule has 0 amide bonds. The molecule has 0 atom stereocenters. The minimum absolute atomic E-state index is 0.261. The van der Waals surface area contributed by atoms with Crippen molar-refractivity contribution in [2.24, 2.45) is 0 Å². The Hall–Kier alpha value is -3.40. The SMILES string of the molecule is CC(Cc1ccc(O)cc1)=C1C=CC(OC(=O)c2ccc(C=O)cc2)=CC1. The summed E-state index contributed by atoms with van der Waals surface area (Å²) in [7, 11) is 0. The van der Waals surface area contributed by atoms with Crippen molar-refractivity contribution in [1.29, 1.82) is 0 Å². The first kappa shape index (κ1) is 18.4. The average Bonchev–Trinajstić information content (AvgIpc) is 2.70. The molecule has 0 heterocycles. The van der Waals surface area contributed by atoms with Crippen molar-refractivity contribution in [3.63, 3.8) is 0 Å². The van der Waals surface area contributed by atoms with Crippen molar-refractivity contribution in [3.8, 4) is 5.75 Å². The second-order valence-electron chi connectivity index (χ2n) is 6.42. The van der Waals surface area contributed by atoms with Crippen molar-refractivity contribution in [3.05, 3.63) is 100 Å². The standard InChI is InChI=1S/C23H20O4/c1-16(14-17-4-10-21(25)11-5-17)19-8-12-22(13-9-19)27-23(26)20-6-2-18(15-24)3-7-20/h2-8,10-13,15,25H,9,14H2,1H3. The number of phenolic OH excluding ortho intramolecular Hbond substituents is 1. The number of phenols is 1. The number of ether oxygens (including phenoxy) is 1. The van der Waals surface area contributed by atoms with Crippen LogP contribution in [0.15, 0.2) is 83.7 Å². The van der Waals surface area contributed by atoms with Crippen LogP contribution in [-0.2, 0) is 11.2 Å². The minimum Gasteiger partial charge on any atom is -0.508 e. The highest BCUT2D eigenvalue weighted by Gasteiger charge is 2.12. The van der Waals surface area contributed by atoms with Gasteiger partial charge < -0.3 is 9.84 Å². The van der Waals surface area contributed by atoms with Crippen LogP contribution >= 0.6 is 0 Å². The van der Waals surface area contributed by atoms with Crippen LogP contribution in [0.1, 0.15) is 39.6 Å². The first-order valence-electron chi connectivity index (χ1n) is 8.67. The Balaban J connectivity index is 1.62. The first-order valence-corrected chi connectivity index (χ1v) is 8.67. The molecule has 2 aromatic rings. The highest BCUT2D eigenvalue weighted by atomic mass is 16.5. The molecule has 0 bridgehead atoms. The quantitative estimate of drug-likeness (QED) is 0.616. The van der Waals surface area contributed by atoms with Gasteiger partial charge in [0.25, 0.3) is 0 Å². The number of allylic oxidation sites excluding steroid dienone is 5. The molecule has 1 N–H and O–H groups in total. The number of aldehydes is 1. The number of hydrogen-bond acceptors (Lipinski definition) is 4. The van der Waals surface area contributed by atoms with Crippen LogP contribution in [0, 0.1) is 0 Å². The van der Waals surface area contributed by atoms with Gasteiger partial charge in [-0.3, -0.25) is 4.79 Å². The van der Waals surface area contributed by atoms with E-state index in [9.17, 15) is 14.7 Å². The maximum atomic E-state index is 12.2. The summed E-state index contributed by atoms with van der Waals surface area (Å²) in [6.45, 7) is 2.08. The van der Waals surface area contributed by atoms with Gasteiger partial charge in [-0.25, -0.2) is 4.79 Å². The predicted octanol–water partition coefficient (Wildman–Crippen LogP) is 4.76. The number of esters is 1. The Bertz CT molecular complexity index is 929. The van der Waals surface area contributed by atoms with E-state index < -0.39 is 5.97 Å². The summed E-state index contributed by atoms with van der Waals surface area (Å²) in [5, 5.41) is 9.36. The van der Waals surface area contributed by atoms with Gasteiger partial charge in [0, 0.05) is 5.56 Å². The van der Waals surface area contributed by atoms with Crippen molar-refractivity contribution in [2.45, 2.75) is 19.8 Å². The molecule has 0 saturated heterocycles. The molecule has 0 aromatic heterocycles. The molecule has 0 radical (unpaired) electrons. The third kappa shape index (κ3) is 4.82. The van der Waals surface area contributed by atoms with Crippen LogP contribution in [0.5, 0.6) is 5.75 Å². The van der Waals surface area contributed by atoms with E-state index in [4.69, 9.17) is 4.74 Å². The van der Waals surface area contributed by atoms with Crippen molar-refractivity contribution >= 4 is 12.3 Å². The van der Waals surface area contributed by atoms with Crippen LogP contribution in [0.25, 0.3) is 0 Å². The lowest BCUT2D eigenvalue weighted by atomic mass is 9.96. The van der Waals surface area contributed by atoms with Crippen LogP contribution in [0.3, 0.4) is 0 Å². The summed E-state index contributed by atoms with van der Waals surface area (Å²) in [5.74, 6) is 0.328. The average molecular weight is 360 g/mol. The second-order valence-corrected chi connectivity index (χ2v) is 6.42. The van der Waals surface area contributed by atoms with E-state index in [0.29, 0.717) is 23.3 Å². The molecule has 0 spiro atoms. The van der Waals surface area contributed by atoms with Crippen molar-refractivity contribution < 1.29 is 19.4 Å². The summed E-state index contributed by atoms with van der Waals surface area (Å²) in [6.07, 6.45) is 7.85. The summed E-state index contributed by atoms with van der Waals surface area (Å²) >= 11 is 0. The van der Waals surface area contributed by atoms with Gasteiger partial charge in [-0.1, -0.05) is 35.9 Å². The summed E-state index contributed by atoms with van der Waals surface area (Å²) < 4.78 is 5.41. The highest BCUT2D eigenvalue weighted by Crippen LogP contribution is 2.23. The molecule has 4 nitrogen and oxygen atoms in total. The van der Waals surface area contributed by atoms with Crippen LogP contribution in [-0.4, -0.2) is 17.4 Å². The lowest BCUT2D eigenvalue weighted by molar-refractivity contribution is 0.0635. The van der Waals surface area contributed by atoms with Gasteiger partial charge in [0.2, 0.25) is 0 Å². The number of rotatable bonds is 5. The first-order chi connectivity index (χ1) is 13.0. The van der Waals surface area contributed by atoms with Gasteiger partial charge in [0.15, 0.2) is 0 Å². The Morgan fingerprint density at radius 3 is 2.37 bits per heavy atom.